The average Bonchev–Trinajstić information content (AvgIpc) is 1.50. The molecule has 4 aromatic heterocycles. The van der Waals surface area contributed by atoms with Crippen LogP contribution in [0.15, 0.2) is 346 Å². The maximum Gasteiger partial charge on any atom is 0.104 e. The number of hydrogen-bond donors (Lipinski definition) is 0. The summed E-state index contributed by atoms with van der Waals surface area (Å²) in [6.07, 6.45) is 0. The van der Waals surface area contributed by atoms with Gasteiger partial charge < -0.3 is 18.3 Å². The van der Waals surface area contributed by atoms with Crippen molar-refractivity contribution >= 4 is 87.2 Å². The first-order valence-electron chi connectivity index (χ1n) is 32.8. The Morgan fingerprint density at radius 2 is 0.448 bits per heavy atom. The average molecular weight is 1220 g/mol. The van der Waals surface area contributed by atoms with Crippen LogP contribution in [-0.2, 0) is 0 Å². The zero-order valence-corrected chi connectivity index (χ0v) is 52.1. The Morgan fingerprint density at radius 3 is 0.750 bits per heavy atom. The fourth-order valence-corrected chi connectivity index (χ4v) is 15.4. The summed E-state index contributed by atoms with van der Waals surface area (Å²) in [5, 5.41) is 21.8. The lowest BCUT2D eigenvalue weighted by Crippen LogP contribution is -2.12. The number of fused-ring (bicyclic) bond motifs is 12. The number of aromatic nitrogens is 4. The topological polar surface area (TPSA) is 43.5 Å². The Bertz CT molecular complexity index is 6040. The van der Waals surface area contributed by atoms with E-state index in [1.807, 2.05) is 0 Å². The molecule has 0 saturated heterocycles. The molecular weight excluding hydrogens is 1160 g/mol. The molecule has 0 bridgehead atoms. The van der Waals surface area contributed by atoms with E-state index in [2.05, 4.69) is 370 Å². The van der Waals surface area contributed by atoms with Crippen LogP contribution in [0, 0.1) is 11.3 Å². The molecule has 15 aromatic carbocycles. The third-order valence-electron chi connectivity index (χ3n) is 19.8. The number of hydrogen-bond acceptors (Lipinski definition) is 1. The monoisotopic (exact) mass is 1220 g/mol. The number of nitriles is 1. The summed E-state index contributed by atoms with van der Waals surface area (Å²) in [5.41, 5.74) is 25.3. The summed E-state index contributed by atoms with van der Waals surface area (Å²) in [6, 6.07) is 129. The molecule has 0 unspecified atom stereocenters. The van der Waals surface area contributed by atoms with Gasteiger partial charge in [-0.3, -0.25) is 0 Å². The minimum absolute atomic E-state index is 0.529. The van der Waals surface area contributed by atoms with Gasteiger partial charge in [0.25, 0.3) is 0 Å². The summed E-state index contributed by atoms with van der Waals surface area (Å²) in [7, 11) is 0. The van der Waals surface area contributed by atoms with Crippen molar-refractivity contribution in [3.05, 3.63) is 351 Å². The van der Waals surface area contributed by atoms with Gasteiger partial charge in [0, 0.05) is 48.8 Å². The van der Waals surface area contributed by atoms with Crippen molar-refractivity contribution in [2.24, 2.45) is 0 Å². The van der Waals surface area contributed by atoms with Gasteiger partial charge in [0.05, 0.1) is 61.2 Å². The molecule has 0 aliphatic carbocycles. The Morgan fingerprint density at radius 1 is 0.198 bits per heavy atom. The molecule has 0 amide bonds. The van der Waals surface area contributed by atoms with Crippen LogP contribution in [0.3, 0.4) is 0 Å². The Hall–Kier alpha value is -13.0. The molecule has 0 spiro atoms. The van der Waals surface area contributed by atoms with Crippen LogP contribution in [0.25, 0.3) is 177 Å². The van der Waals surface area contributed by atoms with E-state index in [1.54, 1.807) is 0 Å². The molecule has 19 rings (SSSR count). The smallest absolute Gasteiger partial charge is 0.104 e. The molecule has 5 nitrogen and oxygen atoms in total. The first-order valence-corrected chi connectivity index (χ1v) is 32.8. The molecule has 5 heteroatoms. The van der Waals surface area contributed by atoms with Gasteiger partial charge in [-0.05, 0) is 158 Å². The Labute approximate surface area is 554 Å². The molecule has 0 N–H and O–H groups in total. The lowest BCUT2D eigenvalue weighted by Gasteiger charge is -2.24. The zero-order valence-electron chi connectivity index (χ0n) is 52.1. The maximum atomic E-state index is 13.3. The van der Waals surface area contributed by atoms with Gasteiger partial charge in [-0.25, -0.2) is 0 Å². The summed E-state index contributed by atoms with van der Waals surface area (Å²) < 4.78 is 9.87. The van der Waals surface area contributed by atoms with Gasteiger partial charge in [0.1, 0.15) is 11.6 Å². The predicted octanol–water partition coefficient (Wildman–Crippen LogP) is 23.9. The quantitative estimate of drug-likeness (QED) is 0.135. The Kier molecular flexibility index (Phi) is 12.6. The van der Waals surface area contributed by atoms with E-state index < -0.39 is 0 Å². The van der Waals surface area contributed by atoms with E-state index in [9.17, 15) is 5.26 Å². The van der Waals surface area contributed by atoms with Crippen molar-refractivity contribution in [1.82, 2.24) is 18.3 Å². The molecule has 0 atom stereocenters. The van der Waals surface area contributed by atoms with Gasteiger partial charge in [-0.15, -0.1) is 0 Å². The molecule has 0 aliphatic rings. The number of rotatable bonds is 10. The van der Waals surface area contributed by atoms with Crippen molar-refractivity contribution in [3.8, 4) is 95.6 Å². The maximum absolute atomic E-state index is 13.3. The van der Waals surface area contributed by atoms with Crippen molar-refractivity contribution in [2.45, 2.75) is 0 Å². The van der Waals surface area contributed by atoms with Crippen molar-refractivity contribution < 1.29 is 0 Å². The number of para-hydroxylation sites is 2. The molecule has 0 radical (unpaired) electrons. The minimum atomic E-state index is 0.529. The molecule has 19 aromatic rings. The first kappa shape index (κ1) is 54.7. The van der Waals surface area contributed by atoms with Gasteiger partial charge in [0.15, 0.2) is 0 Å². The van der Waals surface area contributed by atoms with Crippen LogP contribution >= 0.6 is 0 Å². The summed E-state index contributed by atoms with van der Waals surface area (Å²) in [6.45, 7) is 0. The lowest BCUT2D eigenvalue weighted by atomic mass is 10.00. The second kappa shape index (κ2) is 22.1. The van der Waals surface area contributed by atoms with Crippen molar-refractivity contribution in [2.75, 3.05) is 0 Å². The molecular formula is C91H57N5. The third kappa shape index (κ3) is 8.56. The van der Waals surface area contributed by atoms with Crippen LogP contribution < -0.4 is 0 Å². The van der Waals surface area contributed by atoms with E-state index in [4.69, 9.17) is 0 Å². The molecule has 0 aliphatic heterocycles. The first-order chi connectivity index (χ1) is 47.6. The number of benzene rings is 15. The van der Waals surface area contributed by atoms with Crippen LogP contribution in [0.1, 0.15) is 5.56 Å². The molecule has 0 fully saturated rings. The molecule has 96 heavy (non-hydrogen) atoms. The van der Waals surface area contributed by atoms with E-state index >= 15 is 0 Å². The van der Waals surface area contributed by atoms with Crippen molar-refractivity contribution in [3.63, 3.8) is 0 Å². The van der Waals surface area contributed by atoms with Gasteiger partial charge in [0.2, 0.25) is 0 Å². The van der Waals surface area contributed by atoms with E-state index in [1.165, 1.54) is 0 Å². The standard InChI is InChI=1S/C91H57N5/c92-58-79-88(94-81-46-40-65(59-24-8-1-9-25-59)52-73(81)74-53-66(41-47-82(74)94)60-26-10-2-11-27-60)87-72-38-22-23-39-80(72)93(71-36-20-7-21-37-71)90(87)91(96-85-50-44-69(63-32-16-5-17-33-63)56-77(85)78-57-70(45-51-86(78)96)64-34-18-6-19-35-64)89(79)95-83-48-42-67(61-28-12-3-13-29-61)54-75(83)76-55-68(43-49-84(76)95)62-30-14-4-15-31-62/h1-57H. The highest BCUT2D eigenvalue weighted by Crippen LogP contribution is 2.52. The number of nitrogens with zero attached hydrogens (tertiary/aromatic N) is 5. The lowest BCUT2D eigenvalue weighted by molar-refractivity contribution is 1.06. The second-order valence-electron chi connectivity index (χ2n) is 25.0. The summed E-state index contributed by atoms with van der Waals surface area (Å²) in [4.78, 5) is 0. The van der Waals surface area contributed by atoms with Crippen LogP contribution in [0.5, 0.6) is 0 Å². The molecule has 0 saturated carbocycles. The SMILES string of the molecule is N#Cc1c(-n2c3ccc(-c4ccccc4)cc3c3cc(-c4ccccc4)ccc32)c(-n2c3ccc(-c4ccccc4)cc3c3cc(-c4ccccc4)ccc32)c2c(c1-n1c3ccc(-c4ccccc4)cc3c3cc(-c4ccccc4)ccc31)c1ccccc1n2-c1ccccc1. The van der Waals surface area contributed by atoms with Gasteiger partial charge >= 0.3 is 0 Å². The highest BCUT2D eigenvalue weighted by atomic mass is 15.1. The van der Waals surface area contributed by atoms with E-state index in [-0.39, 0.29) is 0 Å². The zero-order chi connectivity index (χ0) is 63.4. The van der Waals surface area contributed by atoms with E-state index in [0.717, 1.165) is 177 Å². The van der Waals surface area contributed by atoms with Crippen LogP contribution in [0.4, 0.5) is 0 Å². The van der Waals surface area contributed by atoms with Gasteiger partial charge in [-0.1, -0.05) is 255 Å². The normalized spacial score (nSPS) is 11.7. The largest absolute Gasteiger partial charge is 0.307 e. The molecule has 446 valence electrons. The third-order valence-corrected chi connectivity index (χ3v) is 19.8. The predicted molar refractivity (Wildman–Crippen MR) is 401 cm³/mol. The fourth-order valence-electron chi connectivity index (χ4n) is 15.4. The van der Waals surface area contributed by atoms with Crippen LogP contribution in [0.2, 0.25) is 0 Å². The van der Waals surface area contributed by atoms with Crippen molar-refractivity contribution in [1.29, 1.82) is 5.26 Å². The second-order valence-corrected chi connectivity index (χ2v) is 25.0. The highest BCUT2D eigenvalue weighted by molar-refractivity contribution is 6.24. The van der Waals surface area contributed by atoms with Crippen LogP contribution in [-0.4, -0.2) is 18.3 Å². The summed E-state index contributed by atoms with van der Waals surface area (Å²) >= 11 is 0. The van der Waals surface area contributed by atoms with E-state index in [0.29, 0.717) is 5.56 Å². The molecule has 4 heterocycles. The van der Waals surface area contributed by atoms with Gasteiger partial charge in [-0.2, -0.15) is 5.26 Å². The Balaban J connectivity index is 1.06. The fraction of sp³-hybridized carbons (Fsp3) is 0. The minimum Gasteiger partial charge on any atom is -0.307 e. The highest BCUT2D eigenvalue weighted by Gasteiger charge is 2.34. The summed E-state index contributed by atoms with van der Waals surface area (Å²) in [5.74, 6) is 0.